The fourth-order valence-corrected chi connectivity index (χ4v) is 2.30. The van der Waals surface area contributed by atoms with Crippen molar-refractivity contribution in [3.8, 4) is 0 Å². The van der Waals surface area contributed by atoms with Gasteiger partial charge in [0.2, 0.25) is 0 Å². The maximum atomic E-state index is 9.05. The highest BCUT2D eigenvalue weighted by atomic mass is 16.7. The topological polar surface area (TPSA) is 38.7 Å². The third kappa shape index (κ3) is 3.28. The average molecular weight is 236 g/mol. The molecule has 94 valence electrons. The molecule has 0 unspecified atom stereocenters. The van der Waals surface area contributed by atoms with Crippen LogP contribution in [0.3, 0.4) is 0 Å². The zero-order chi connectivity index (χ0) is 12.3. The van der Waals surface area contributed by atoms with E-state index < -0.39 is 5.79 Å². The molecule has 1 N–H and O–H groups in total. The summed E-state index contributed by atoms with van der Waals surface area (Å²) in [5, 5.41) is 9.05. The number of hydrogen-bond acceptors (Lipinski definition) is 3. The van der Waals surface area contributed by atoms with Gasteiger partial charge in [-0.05, 0) is 25.8 Å². The van der Waals surface area contributed by atoms with E-state index in [0.29, 0.717) is 6.42 Å². The van der Waals surface area contributed by atoms with E-state index in [2.05, 4.69) is 12.1 Å². The molecule has 0 aliphatic carbocycles. The summed E-state index contributed by atoms with van der Waals surface area (Å²) in [6, 6.07) is 10.2. The SMILES string of the molecule is CC1(C)O[C@H](CCO)[C@@H](Cc2ccccc2)O1. The standard InChI is InChI=1S/C14H20O3/c1-14(2)16-12(8-9-15)13(17-14)10-11-6-4-3-5-7-11/h3-7,12-13,15H,8-10H2,1-2H3/t12-,13-/m1/s1. The van der Waals surface area contributed by atoms with Crippen molar-refractivity contribution in [2.24, 2.45) is 0 Å². The molecule has 1 aliphatic heterocycles. The first-order chi connectivity index (χ1) is 8.11. The molecular formula is C14H20O3. The van der Waals surface area contributed by atoms with Crippen LogP contribution in [-0.4, -0.2) is 29.7 Å². The quantitative estimate of drug-likeness (QED) is 0.870. The minimum atomic E-state index is -0.542. The molecule has 1 heterocycles. The summed E-state index contributed by atoms with van der Waals surface area (Å²) in [6.07, 6.45) is 1.46. The Hall–Kier alpha value is -0.900. The van der Waals surface area contributed by atoms with Gasteiger partial charge in [0.1, 0.15) is 0 Å². The summed E-state index contributed by atoms with van der Waals surface area (Å²) in [5.41, 5.74) is 1.24. The van der Waals surface area contributed by atoms with E-state index in [0.717, 1.165) is 6.42 Å². The Labute approximate surface area is 102 Å². The fourth-order valence-electron chi connectivity index (χ4n) is 2.30. The predicted molar refractivity (Wildman–Crippen MR) is 65.7 cm³/mol. The van der Waals surface area contributed by atoms with Gasteiger partial charge in [-0.15, -0.1) is 0 Å². The molecule has 1 aliphatic rings. The van der Waals surface area contributed by atoms with Crippen LogP contribution in [0.1, 0.15) is 25.8 Å². The molecule has 0 spiro atoms. The summed E-state index contributed by atoms with van der Waals surface area (Å²) < 4.78 is 11.7. The van der Waals surface area contributed by atoms with Gasteiger partial charge in [0, 0.05) is 13.0 Å². The second-order valence-electron chi connectivity index (χ2n) is 4.91. The monoisotopic (exact) mass is 236 g/mol. The minimum absolute atomic E-state index is 0.0183. The predicted octanol–water partition coefficient (Wildman–Crippen LogP) is 2.13. The van der Waals surface area contributed by atoms with E-state index in [1.54, 1.807) is 0 Å². The smallest absolute Gasteiger partial charge is 0.163 e. The van der Waals surface area contributed by atoms with E-state index in [4.69, 9.17) is 14.6 Å². The van der Waals surface area contributed by atoms with Crippen molar-refractivity contribution in [2.75, 3.05) is 6.61 Å². The molecule has 1 aromatic rings. The van der Waals surface area contributed by atoms with Crippen LogP contribution in [-0.2, 0) is 15.9 Å². The first-order valence-electron chi connectivity index (χ1n) is 6.11. The van der Waals surface area contributed by atoms with Crippen molar-refractivity contribution in [3.05, 3.63) is 35.9 Å². The van der Waals surface area contributed by atoms with E-state index >= 15 is 0 Å². The van der Waals surface area contributed by atoms with Crippen LogP contribution in [0, 0.1) is 0 Å². The molecule has 0 amide bonds. The summed E-state index contributed by atoms with van der Waals surface area (Å²) in [4.78, 5) is 0. The summed E-state index contributed by atoms with van der Waals surface area (Å²) in [7, 11) is 0. The first-order valence-corrected chi connectivity index (χ1v) is 6.11. The number of hydrogen-bond donors (Lipinski definition) is 1. The van der Waals surface area contributed by atoms with Crippen molar-refractivity contribution < 1.29 is 14.6 Å². The molecule has 1 fully saturated rings. The molecule has 0 aromatic heterocycles. The Bertz CT molecular complexity index is 348. The van der Waals surface area contributed by atoms with Gasteiger partial charge in [0.25, 0.3) is 0 Å². The van der Waals surface area contributed by atoms with Crippen molar-refractivity contribution >= 4 is 0 Å². The van der Waals surface area contributed by atoms with Gasteiger partial charge in [-0.2, -0.15) is 0 Å². The zero-order valence-electron chi connectivity index (χ0n) is 10.4. The van der Waals surface area contributed by atoms with Gasteiger partial charge in [-0.3, -0.25) is 0 Å². The van der Waals surface area contributed by atoms with Crippen molar-refractivity contribution in [1.29, 1.82) is 0 Å². The number of aliphatic hydroxyl groups excluding tert-OH is 1. The van der Waals surface area contributed by atoms with E-state index in [1.807, 2.05) is 32.0 Å². The first kappa shape index (κ1) is 12.6. The summed E-state index contributed by atoms with van der Waals surface area (Å²) in [5.74, 6) is -0.542. The lowest BCUT2D eigenvalue weighted by Gasteiger charge is -2.16. The van der Waals surface area contributed by atoms with E-state index in [-0.39, 0.29) is 18.8 Å². The molecule has 0 bridgehead atoms. The number of rotatable bonds is 4. The van der Waals surface area contributed by atoms with Gasteiger partial charge in [0.15, 0.2) is 5.79 Å². The second kappa shape index (κ2) is 5.17. The maximum absolute atomic E-state index is 9.05. The molecule has 2 rings (SSSR count). The Kier molecular flexibility index (Phi) is 3.82. The average Bonchev–Trinajstić information content (AvgIpc) is 2.55. The maximum Gasteiger partial charge on any atom is 0.163 e. The molecule has 2 atom stereocenters. The Morgan fingerprint density at radius 1 is 1.12 bits per heavy atom. The van der Waals surface area contributed by atoms with E-state index in [1.165, 1.54) is 5.56 Å². The van der Waals surface area contributed by atoms with Crippen LogP contribution in [0.2, 0.25) is 0 Å². The molecule has 1 saturated heterocycles. The zero-order valence-corrected chi connectivity index (χ0v) is 10.4. The fraction of sp³-hybridized carbons (Fsp3) is 0.571. The molecule has 0 saturated carbocycles. The van der Waals surface area contributed by atoms with Gasteiger partial charge < -0.3 is 14.6 Å². The molecular weight excluding hydrogens is 216 g/mol. The van der Waals surface area contributed by atoms with Gasteiger partial charge in [0.05, 0.1) is 12.2 Å². The largest absolute Gasteiger partial charge is 0.396 e. The van der Waals surface area contributed by atoms with Crippen molar-refractivity contribution in [1.82, 2.24) is 0 Å². The lowest BCUT2D eigenvalue weighted by Crippen LogP contribution is -2.25. The Balaban J connectivity index is 2.03. The minimum Gasteiger partial charge on any atom is -0.396 e. The van der Waals surface area contributed by atoms with Crippen molar-refractivity contribution in [3.63, 3.8) is 0 Å². The van der Waals surface area contributed by atoms with Crippen LogP contribution in [0.5, 0.6) is 0 Å². The van der Waals surface area contributed by atoms with E-state index in [9.17, 15) is 0 Å². The highest BCUT2D eigenvalue weighted by molar-refractivity contribution is 5.16. The molecule has 3 nitrogen and oxygen atoms in total. The van der Waals surface area contributed by atoms with Crippen LogP contribution in [0.25, 0.3) is 0 Å². The van der Waals surface area contributed by atoms with Gasteiger partial charge in [-0.1, -0.05) is 30.3 Å². The van der Waals surface area contributed by atoms with Crippen molar-refractivity contribution in [2.45, 2.75) is 44.7 Å². The van der Waals surface area contributed by atoms with Crippen LogP contribution in [0.4, 0.5) is 0 Å². The number of benzene rings is 1. The number of aliphatic hydroxyl groups is 1. The van der Waals surface area contributed by atoms with Gasteiger partial charge in [-0.25, -0.2) is 0 Å². The second-order valence-corrected chi connectivity index (χ2v) is 4.91. The van der Waals surface area contributed by atoms with Crippen LogP contribution < -0.4 is 0 Å². The Morgan fingerprint density at radius 3 is 2.41 bits per heavy atom. The molecule has 1 aromatic carbocycles. The summed E-state index contributed by atoms with van der Waals surface area (Å²) in [6.45, 7) is 3.97. The Morgan fingerprint density at radius 2 is 1.76 bits per heavy atom. The third-order valence-electron chi connectivity index (χ3n) is 2.98. The highest BCUT2D eigenvalue weighted by Crippen LogP contribution is 2.31. The highest BCUT2D eigenvalue weighted by Gasteiger charge is 2.40. The summed E-state index contributed by atoms with van der Waals surface area (Å²) >= 11 is 0. The molecule has 0 radical (unpaired) electrons. The van der Waals surface area contributed by atoms with Crippen LogP contribution in [0.15, 0.2) is 30.3 Å². The molecule has 3 heteroatoms. The third-order valence-corrected chi connectivity index (χ3v) is 2.98. The lowest BCUT2D eigenvalue weighted by molar-refractivity contribution is -0.147. The number of ether oxygens (including phenoxy) is 2. The normalized spacial score (nSPS) is 27.2. The van der Waals surface area contributed by atoms with Crippen LogP contribution >= 0.6 is 0 Å². The molecule has 17 heavy (non-hydrogen) atoms. The lowest BCUT2D eigenvalue weighted by atomic mass is 10.0. The van der Waals surface area contributed by atoms with Gasteiger partial charge >= 0.3 is 0 Å².